The lowest BCUT2D eigenvalue weighted by Crippen LogP contribution is -2.23. The topological polar surface area (TPSA) is 24.4 Å². The van der Waals surface area contributed by atoms with Gasteiger partial charge in [-0.15, -0.1) is 0 Å². The molecule has 0 fully saturated rings. The monoisotopic (exact) mass is 362 g/mol. The Balaban J connectivity index is 1.68. The molecule has 0 bridgehead atoms. The van der Waals surface area contributed by atoms with Crippen LogP contribution in [0.15, 0.2) is 83.9 Å². The van der Waals surface area contributed by atoms with Gasteiger partial charge in [-0.25, -0.2) is 4.39 Å². The fraction of sp³-hybridized carbons (Fsp3) is 0.0455. The van der Waals surface area contributed by atoms with Gasteiger partial charge in [0.05, 0.1) is 0 Å². The second-order valence-electron chi connectivity index (χ2n) is 6.03. The summed E-state index contributed by atoms with van der Waals surface area (Å²) < 4.78 is 14.2. The van der Waals surface area contributed by atoms with Gasteiger partial charge in [0.2, 0.25) is 0 Å². The minimum absolute atomic E-state index is 0.291. The fourth-order valence-corrected chi connectivity index (χ4v) is 3.17. The van der Waals surface area contributed by atoms with Crippen molar-refractivity contribution in [2.45, 2.75) is 5.62 Å². The summed E-state index contributed by atoms with van der Waals surface area (Å²) in [6.45, 7) is 0. The first-order valence-corrected chi connectivity index (χ1v) is 8.73. The van der Waals surface area contributed by atoms with Gasteiger partial charge >= 0.3 is 0 Å². The summed E-state index contributed by atoms with van der Waals surface area (Å²) in [6, 6.07) is 23.3. The van der Waals surface area contributed by atoms with Crippen molar-refractivity contribution in [1.82, 2.24) is 5.32 Å². The summed E-state index contributed by atoms with van der Waals surface area (Å²) in [5.41, 5.74) is 5.01. The summed E-state index contributed by atoms with van der Waals surface area (Å²) in [6.07, 6.45) is 3.42. The Morgan fingerprint density at radius 3 is 2.08 bits per heavy atom. The number of aliphatic imine (C=N–C) groups is 1. The maximum absolute atomic E-state index is 14.2. The van der Waals surface area contributed by atoms with E-state index in [2.05, 4.69) is 34.6 Å². The highest BCUT2D eigenvalue weighted by molar-refractivity contribution is 6.21. The standard InChI is InChI=1S/C22H16ClFN2/c23-22-25-11-10-21(26-22)19-12-18(13-20(24)14-19)17-8-6-16(7-9-17)15-4-2-1-3-5-15/h1-14,22,26H. The largest absolute Gasteiger partial charge is 0.351 e. The van der Waals surface area contributed by atoms with Crippen molar-refractivity contribution in [1.29, 1.82) is 0 Å². The van der Waals surface area contributed by atoms with E-state index in [1.807, 2.05) is 36.4 Å². The first-order chi connectivity index (χ1) is 12.7. The average Bonchev–Trinajstić information content (AvgIpc) is 2.68. The lowest BCUT2D eigenvalue weighted by molar-refractivity contribution is 0.627. The predicted octanol–water partition coefficient (Wildman–Crippen LogP) is 5.70. The number of nitrogens with zero attached hydrogens (tertiary/aromatic N) is 1. The zero-order valence-corrected chi connectivity index (χ0v) is 14.6. The Kier molecular flexibility index (Phi) is 4.55. The number of benzene rings is 3. The smallest absolute Gasteiger partial charge is 0.195 e. The van der Waals surface area contributed by atoms with Gasteiger partial charge in [-0.05, 0) is 46.5 Å². The second-order valence-corrected chi connectivity index (χ2v) is 6.44. The molecule has 0 spiro atoms. The van der Waals surface area contributed by atoms with Crippen molar-refractivity contribution in [3.05, 3.63) is 90.3 Å². The van der Waals surface area contributed by atoms with Gasteiger partial charge in [-0.3, -0.25) is 4.99 Å². The van der Waals surface area contributed by atoms with Crippen LogP contribution in [0.3, 0.4) is 0 Å². The molecule has 4 heteroatoms. The first kappa shape index (κ1) is 16.6. The van der Waals surface area contributed by atoms with Gasteiger partial charge in [0.15, 0.2) is 5.62 Å². The molecule has 2 nitrogen and oxygen atoms in total. The second kappa shape index (κ2) is 7.14. The third kappa shape index (κ3) is 3.53. The predicted molar refractivity (Wildman–Crippen MR) is 107 cm³/mol. The number of rotatable bonds is 3. The van der Waals surface area contributed by atoms with Gasteiger partial charge in [0.25, 0.3) is 0 Å². The molecule has 3 aromatic rings. The van der Waals surface area contributed by atoms with Gasteiger partial charge in [0, 0.05) is 17.5 Å². The Morgan fingerprint density at radius 2 is 1.38 bits per heavy atom. The Labute approximate surface area is 156 Å². The zero-order valence-electron chi connectivity index (χ0n) is 13.9. The molecule has 1 atom stereocenters. The molecule has 26 heavy (non-hydrogen) atoms. The van der Waals surface area contributed by atoms with Gasteiger partial charge in [0.1, 0.15) is 5.82 Å². The maximum atomic E-state index is 14.2. The molecule has 128 valence electrons. The Morgan fingerprint density at radius 1 is 0.769 bits per heavy atom. The molecule has 0 aliphatic carbocycles. The van der Waals surface area contributed by atoms with Crippen molar-refractivity contribution in [2.75, 3.05) is 0 Å². The average molecular weight is 363 g/mol. The van der Waals surface area contributed by atoms with Crippen LogP contribution < -0.4 is 5.32 Å². The molecule has 0 radical (unpaired) electrons. The van der Waals surface area contributed by atoms with Crippen molar-refractivity contribution in [2.24, 2.45) is 4.99 Å². The molecule has 0 saturated heterocycles. The summed E-state index contributed by atoms with van der Waals surface area (Å²) in [7, 11) is 0. The maximum Gasteiger partial charge on any atom is 0.195 e. The van der Waals surface area contributed by atoms with Crippen LogP contribution in [0, 0.1) is 5.82 Å². The van der Waals surface area contributed by atoms with Crippen molar-refractivity contribution in [3.8, 4) is 22.3 Å². The molecule has 1 aliphatic heterocycles. The minimum atomic E-state index is -0.535. The molecule has 1 N–H and O–H groups in total. The molecule has 0 aromatic heterocycles. The van der Waals surface area contributed by atoms with E-state index in [1.54, 1.807) is 12.3 Å². The molecule has 4 rings (SSSR count). The van der Waals surface area contributed by atoms with Crippen LogP contribution in [0.2, 0.25) is 0 Å². The number of allylic oxidation sites excluding steroid dienone is 1. The van der Waals surface area contributed by atoms with E-state index in [0.717, 1.165) is 33.5 Å². The van der Waals surface area contributed by atoms with Gasteiger partial charge in [-0.2, -0.15) is 0 Å². The molecule has 0 saturated carbocycles. The summed E-state index contributed by atoms with van der Waals surface area (Å²) in [5, 5.41) is 3.03. The number of hydrogen-bond acceptors (Lipinski definition) is 2. The lowest BCUT2D eigenvalue weighted by Gasteiger charge is -2.17. The lowest BCUT2D eigenvalue weighted by atomic mass is 9.98. The van der Waals surface area contributed by atoms with Crippen LogP contribution in [0.4, 0.5) is 4.39 Å². The first-order valence-electron chi connectivity index (χ1n) is 8.30. The van der Waals surface area contributed by atoms with Gasteiger partial charge < -0.3 is 5.32 Å². The fourth-order valence-electron chi connectivity index (χ4n) is 2.98. The number of halogens is 2. The molecule has 1 unspecified atom stereocenters. The van der Waals surface area contributed by atoms with Crippen molar-refractivity contribution >= 4 is 23.5 Å². The van der Waals surface area contributed by atoms with E-state index in [0.29, 0.717) is 0 Å². The summed E-state index contributed by atoms with van der Waals surface area (Å²) >= 11 is 5.99. The molecule has 1 aliphatic rings. The highest BCUT2D eigenvalue weighted by Crippen LogP contribution is 2.28. The van der Waals surface area contributed by atoms with Crippen LogP contribution in [0.1, 0.15) is 5.56 Å². The summed E-state index contributed by atoms with van der Waals surface area (Å²) in [5.74, 6) is -0.291. The third-order valence-electron chi connectivity index (χ3n) is 4.27. The van der Waals surface area contributed by atoms with Crippen LogP contribution in [0.5, 0.6) is 0 Å². The van der Waals surface area contributed by atoms with E-state index >= 15 is 0 Å². The Bertz CT molecular complexity index is 979. The van der Waals surface area contributed by atoms with E-state index in [9.17, 15) is 4.39 Å². The molecule has 3 aromatic carbocycles. The summed E-state index contributed by atoms with van der Waals surface area (Å²) in [4.78, 5) is 4.01. The normalized spacial score (nSPS) is 16.1. The van der Waals surface area contributed by atoms with Crippen LogP contribution in [-0.2, 0) is 0 Å². The molecule has 1 heterocycles. The van der Waals surface area contributed by atoms with Crippen molar-refractivity contribution in [3.63, 3.8) is 0 Å². The van der Waals surface area contributed by atoms with E-state index in [-0.39, 0.29) is 5.82 Å². The minimum Gasteiger partial charge on any atom is -0.351 e. The SMILES string of the molecule is Fc1cc(C2=CC=NC(Cl)N2)cc(-c2ccc(-c3ccccc3)cc2)c1. The van der Waals surface area contributed by atoms with E-state index in [1.165, 1.54) is 12.1 Å². The van der Waals surface area contributed by atoms with Crippen LogP contribution in [-0.4, -0.2) is 11.8 Å². The quantitative estimate of drug-likeness (QED) is 0.469. The molecular formula is C22H16ClFN2. The zero-order chi connectivity index (χ0) is 17.9. The van der Waals surface area contributed by atoms with Crippen LogP contribution in [0.25, 0.3) is 28.0 Å². The van der Waals surface area contributed by atoms with Crippen LogP contribution >= 0.6 is 11.6 Å². The number of nitrogens with one attached hydrogen (secondary N) is 1. The Hall–Kier alpha value is -2.91. The highest BCUT2D eigenvalue weighted by Gasteiger charge is 2.12. The van der Waals surface area contributed by atoms with Gasteiger partial charge in [-0.1, -0.05) is 66.2 Å². The van der Waals surface area contributed by atoms with Crippen molar-refractivity contribution < 1.29 is 4.39 Å². The van der Waals surface area contributed by atoms with E-state index in [4.69, 9.17) is 11.6 Å². The number of hydrogen-bond donors (Lipinski definition) is 1. The molecular weight excluding hydrogens is 347 g/mol. The third-order valence-corrected chi connectivity index (χ3v) is 4.49. The molecule has 0 amide bonds. The number of alkyl halides is 1. The highest BCUT2D eigenvalue weighted by atomic mass is 35.5. The van der Waals surface area contributed by atoms with E-state index < -0.39 is 5.62 Å².